The summed E-state index contributed by atoms with van der Waals surface area (Å²) in [6, 6.07) is 0. The molecule has 8 heteroatoms. The molecule has 1 aromatic heterocycles. The summed E-state index contributed by atoms with van der Waals surface area (Å²) >= 11 is 1.21. The van der Waals surface area contributed by atoms with Gasteiger partial charge in [0.15, 0.2) is 0 Å². The van der Waals surface area contributed by atoms with Gasteiger partial charge < -0.3 is 33.5 Å². The molecule has 0 radical (unpaired) electrons. The molecule has 2 heterocycles. The van der Waals surface area contributed by atoms with Gasteiger partial charge in [-0.15, -0.1) is 4.37 Å². The predicted octanol–water partition coefficient (Wildman–Crippen LogP) is 4.15. The smallest absolute Gasteiger partial charge is 0.310 e. The summed E-state index contributed by atoms with van der Waals surface area (Å²) in [5.41, 5.74) is 2.03. The van der Waals surface area contributed by atoms with Crippen molar-refractivity contribution in [2.45, 2.75) is 117 Å². The van der Waals surface area contributed by atoms with E-state index >= 15 is 0 Å². The number of unbranched alkanes of at least 4 members (excludes halogenated alkanes) is 9. The highest BCUT2D eigenvalue weighted by Gasteiger charge is 2.38. The fourth-order valence-corrected chi connectivity index (χ4v) is 5.27. The largest absolute Gasteiger partial charge is 1.00 e. The van der Waals surface area contributed by atoms with Crippen LogP contribution in [0.1, 0.15) is 116 Å². The third-order valence-corrected chi connectivity index (χ3v) is 7.37. The molecular formula is C27H48IN3O3S. The van der Waals surface area contributed by atoms with Crippen molar-refractivity contribution >= 4 is 23.3 Å². The van der Waals surface area contributed by atoms with Gasteiger partial charge in [0.25, 0.3) is 5.88 Å². The maximum absolute atomic E-state index is 12.6. The van der Waals surface area contributed by atoms with E-state index in [1.165, 1.54) is 63.1 Å². The van der Waals surface area contributed by atoms with E-state index in [4.69, 9.17) is 9.47 Å². The molecule has 0 spiro atoms. The van der Waals surface area contributed by atoms with Crippen LogP contribution < -0.4 is 28.7 Å². The van der Waals surface area contributed by atoms with E-state index in [9.17, 15) is 4.79 Å². The first kappa shape index (κ1) is 32.3. The van der Waals surface area contributed by atoms with Crippen LogP contribution in [0.2, 0.25) is 0 Å². The van der Waals surface area contributed by atoms with Crippen LogP contribution >= 0.6 is 11.7 Å². The summed E-state index contributed by atoms with van der Waals surface area (Å²) in [6.07, 6.45) is 17.5. The maximum atomic E-state index is 12.6. The number of hydrogen-bond donors (Lipinski definition) is 0. The molecule has 0 fully saturated rings. The van der Waals surface area contributed by atoms with Gasteiger partial charge in [0.1, 0.15) is 12.2 Å². The summed E-state index contributed by atoms with van der Waals surface area (Å²) in [6.45, 7) is 8.98. The zero-order valence-corrected chi connectivity index (χ0v) is 25.5. The molecular weight excluding hydrogens is 573 g/mol. The van der Waals surface area contributed by atoms with Crippen LogP contribution in [0.4, 0.5) is 0 Å². The van der Waals surface area contributed by atoms with Crippen LogP contribution in [0.5, 0.6) is 5.88 Å². The molecule has 35 heavy (non-hydrogen) atoms. The number of halogens is 1. The van der Waals surface area contributed by atoms with Gasteiger partial charge in [-0.3, -0.25) is 9.28 Å². The number of carbonyl (C=O) groups excluding carboxylic acids is 1. The van der Waals surface area contributed by atoms with E-state index in [0.29, 0.717) is 23.4 Å². The molecule has 2 unspecified atom stereocenters. The highest BCUT2D eigenvalue weighted by molar-refractivity contribution is 6.99. The Bertz CT molecular complexity index is 743. The Balaban J connectivity index is 0.00000612. The van der Waals surface area contributed by atoms with E-state index in [1.54, 1.807) is 0 Å². The molecule has 0 saturated carbocycles. The van der Waals surface area contributed by atoms with Gasteiger partial charge in [-0.1, -0.05) is 84.6 Å². The van der Waals surface area contributed by atoms with E-state index in [2.05, 4.69) is 42.6 Å². The van der Waals surface area contributed by atoms with Crippen molar-refractivity contribution in [3.05, 3.63) is 11.8 Å². The minimum atomic E-state index is -0.134. The number of nitrogens with zero attached hydrogens (tertiary/aromatic N) is 3. The maximum Gasteiger partial charge on any atom is 0.310 e. The van der Waals surface area contributed by atoms with Crippen molar-refractivity contribution in [1.82, 2.24) is 8.75 Å². The number of quaternary nitrogens is 1. The number of rotatable bonds is 18. The van der Waals surface area contributed by atoms with Crippen molar-refractivity contribution in [2.24, 2.45) is 0 Å². The molecule has 1 aliphatic rings. The normalized spacial score (nSPS) is 18.5. The number of hydrogen-bond acceptors (Lipinski definition) is 6. The highest BCUT2D eigenvalue weighted by Crippen LogP contribution is 2.32. The Labute approximate surface area is 235 Å². The Hall–Kier alpha value is -0.740. The van der Waals surface area contributed by atoms with Gasteiger partial charge in [-0.25, -0.2) is 0 Å². The number of likely N-dealkylation sites (N-methyl/N-ethyl adjacent to an activating group) is 1. The fraction of sp³-hybridized carbons (Fsp3) is 0.815. The van der Waals surface area contributed by atoms with Crippen molar-refractivity contribution < 1.29 is 42.7 Å². The number of esters is 1. The monoisotopic (exact) mass is 621 g/mol. The lowest BCUT2D eigenvalue weighted by Crippen LogP contribution is -3.00. The molecule has 1 aromatic rings. The molecule has 2 atom stereocenters. The Morgan fingerprint density at radius 2 is 1.66 bits per heavy atom. The lowest BCUT2D eigenvalue weighted by atomic mass is 10.0. The van der Waals surface area contributed by atoms with Crippen molar-refractivity contribution in [1.29, 1.82) is 0 Å². The van der Waals surface area contributed by atoms with Gasteiger partial charge in [0.2, 0.25) is 6.23 Å². The summed E-state index contributed by atoms with van der Waals surface area (Å²) in [4.78, 5) is 12.6. The lowest BCUT2D eigenvalue weighted by molar-refractivity contribution is -0.947. The average Bonchev–Trinajstić information content (AvgIpc) is 3.30. The van der Waals surface area contributed by atoms with Crippen LogP contribution in [-0.2, 0) is 9.53 Å². The van der Waals surface area contributed by atoms with Gasteiger partial charge in [0.05, 0.1) is 31.9 Å². The quantitative estimate of drug-likeness (QED) is 0.107. The average molecular weight is 622 g/mol. The van der Waals surface area contributed by atoms with E-state index in [1.807, 2.05) is 0 Å². The molecule has 1 aliphatic heterocycles. The van der Waals surface area contributed by atoms with Gasteiger partial charge in [-0.2, -0.15) is 4.37 Å². The molecule has 0 N–H and O–H groups in total. The molecule has 6 nitrogen and oxygen atoms in total. The first-order valence-electron chi connectivity index (χ1n) is 13.7. The first-order chi connectivity index (χ1) is 16.5. The standard InChI is InChI=1S/C27H48N3O3S.HI/c1-5-8-10-12-13-14-15-19-25(31)33-24(7-3)30(4)20-17-18-23(22-30)26-27(29-34-28-26)32-21-16-11-9-6-2;/h18,24H,5-17,19-22H2,1-4H3;1H/q+1;/p-1. The van der Waals surface area contributed by atoms with E-state index < -0.39 is 0 Å². The predicted molar refractivity (Wildman–Crippen MR) is 141 cm³/mol. The van der Waals surface area contributed by atoms with Crippen molar-refractivity contribution in [3.63, 3.8) is 0 Å². The van der Waals surface area contributed by atoms with E-state index in [0.717, 1.165) is 56.5 Å². The molecule has 0 aromatic carbocycles. The van der Waals surface area contributed by atoms with Crippen LogP contribution in [0.15, 0.2) is 6.08 Å². The summed E-state index contributed by atoms with van der Waals surface area (Å²) < 4.78 is 21.7. The molecule has 0 amide bonds. The van der Waals surface area contributed by atoms with Gasteiger partial charge in [-0.05, 0) is 12.8 Å². The van der Waals surface area contributed by atoms with Crippen molar-refractivity contribution in [3.8, 4) is 5.88 Å². The molecule has 2 rings (SSSR count). The molecule has 0 aliphatic carbocycles. The molecule has 0 saturated heterocycles. The summed E-state index contributed by atoms with van der Waals surface area (Å²) in [5.74, 6) is 0.604. The van der Waals surface area contributed by atoms with Crippen LogP contribution in [0.3, 0.4) is 0 Å². The fourth-order valence-electron chi connectivity index (χ4n) is 4.74. The van der Waals surface area contributed by atoms with Crippen LogP contribution in [0.25, 0.3) is 5.57 Å². The second-order valence-corrected chi connectivity index (χ2v) is 10.5. The lowest BCUT2D eigenvalue weighted by Gasteiger charge is -2.42. The van der Waals surface area contributed by atoms with Crippen LogP contribution in [0, 0.1) is 0 Å². The molecule has 202 valence electrons. The second-order valence-electron chi connectivity index (χ2n) is 9.93. The van der Waals surface area contributed by atoms with Gasteiger partial charge >= 0.3 is 5.97 Å². The topological polar surface area (TPSA) is 61.3 Å². The Morgan fingerprint density at radius 1 is 1.00 bits per heavy atom. The van der Waals surface area contributed by atoms with E-state index in [-0.39, 0.29) is 36.2 Å². The van der Waals surface area contributed by atoms with Crippen LogP contribution in [-0.4, -0.2) is 52.2 Å². The number of ether oxygens (including phenoxy) is 2. The van der Waals surface area contributed by atoms with Crippen molar-refractivity contribution in [2.75, 3.05) is 26.7 Å². The second kappa shape index (κ2) is 18.5. The zero-order chi connectivity index (χ0) is 24.7. The third-order valence-electron chi connectivity index (χ3n) is 6.86. The summed E-state index contributed by atoms with van der Waals surface area (Å²) in [5, 5.41) is 0. The number of carbonyl (C=O) groups is 1. The summed E-state index contributed by atoms with van der Waals surface area (Å²) in [7, 11) is 2.20. The van der Waals surface area contributed by atoms with Gasteiger partial charge in [0, 0.05) is 24.8 Å². The SMILES string of the molecule is CCCCCCCCCC(=O)OC(CC)[N+]1(C)CCC=C(c2nsnc2OCCCCCC)C1.[I-]. The molecule has 0 bridgehead atoms. The number of aromatic nitrogens is 2. The Morgan fingerprint density at radius 3 is 2.34 bits per heavy atom. The minimum absolute atomic E-state index is 0. The minimum Gasteiger partial charge on any atom is -1.00 e. The highest BCUT2D eigenvalue weighted by atomic mass is 127. The zero-order valence-electron chi connectivity index (χ0n) is 22.5. The Kier molecular flexibility index (Phi) is 17.1. The first-order valence-corrected chi connectivity index (χ1v) is 14.5. The third kappa shape index (κ3) is 11.5.